The third-order valence-electron chi connectivity index (χ3n) is 3.75. The van der Waals surface area contributed by atoms with Gasteiger partial charge in [0.05, 0.1) is 6.61 Å². The molecule has 5 nitrogen and oxygen atoms in total. The van der Waals surface area contributed by atoms with Crippen LogP contribution in [-0.4, -0.2) is 61.5 Å². The van der Waals surface area contributed by atoms with Crippen molar-refractivity contribution in [2.24, 2.45) is 5.92 Å². The molecule has 0 bridgehead atoms. The van der Waals surface area contributed by atoms with E-state index < -0.39 is 0 Å². The van der Waals surface area contributed by atoms with Gasteiger partial charge in [-0.1, -0.05) is 0 Å². The number of ether oxygens (including phenoxy) is 1. The number of hydrogen-bond acceptors (Lipinski definition) is 3. The fraction of sp³-hybridized carbons (Fsp3) is 0.846. The van der Waals surface area contributed by atoms with Gasteiger partial charge in [-0.05, 0) is 12.8 Å². The average Bonchev–Trinajstić information content (AvgIpc) is 2.98. The van der Waals surface area contributed by atoms with E-state index in [2.05, 4.69) is 0 Å². The largest absolute Gasteiger partial charge is 0.381 e. The van der Waals surface area contributed by atoms with Gasteiger partial charge >= 0.3 is 0 Å². The van der Waals surface area contributed by atoms with Crippen LogP contribution in [0.3, 0.4) is 0 Å². The lowest BCUT2D eigenvalue weighted by molar-refractivity contribution is -0.132. The molecule has 2 fully saturated rings. The van der Waals surface area contributed by atoms with Crippen LogP contribution in [0.4, 0.5) is 0 Å². The van der Waals surface area contributed by atoms with Gasteiger partial charge in [0.15, 0.2) is 0 Å². The molecule has 2 aliphatic rings. The zero-order valence-corrected chi connectivity index (χ0v) is 11.1. The lowest BCUT2D eigenvalue weighted by atomic mass is 10.1. The Kier molecular flexibility index (Phi) is 4.58. The van der Waals surface area contributed by atoms with Crippen molar-refractivity contribution in [3.8, 4) is 0 Å². The molecule has 0 aromatic heterocycles. The van der Waals surface area contributed by atoms with Gasteiger partial charge in [0.2, 0.25) is 11.8 Å². The molecule has 0 radical (unpaired) electrons. The molecule has 2 heterocycles. The molecule has 18 heavy (non-hydrogen) atoms. The zero-order valence-electron chi connectivity index (χ0n) is 11.1. The number of nitrogens with zero attached hydrogens (tertiary/aromatic N) is 2. The lowest BCUT2D eigenvalue weighted by Crippen LogP contribution is -2.35. The van der Waals surface area contributed by atoms with E-state index in [0.29, 0.717) is 25.3 Å². The maximum atomic E-state index is 11.9. The molecular formula is C13H22N2O3. The summed E-state index contributed by atoms with van der Waals surface area (Å²) in [5.74, 6) is 0.795. The Bertz CT molecular complexity index is 313. The van der Waals surface area contributed by atoms with Crippen molar-refractivity contribution in [1.29, 1.82) is 0 Å². The average molecular weight is 254 g/mol. The molecule has 5 heteroatoms. The normalized spacial score (nSPS) is 23.7. The molecule has 0 aromatic rings. The summed E-state index contributed by atoms with van der Waals surface area (Å²) in [5, 5.41) is 0. The van der Waals surface area contributed by atoms with Gasteiger partial charge in [0, 0.05) is 52.0 Å². The predicted molar refractivity (Wildman–Crippen MR) is 67.0 cm³/mol. The maximum Gasteiger partial charge on any atom is 0.224 e. The molecule has 1 atom stereocenters. The molecule has 2 amide bonds. The summed E-state index contributed by atoms with van der Waals surface area (Å²) in [6, 6.07) is 0. The van der Waals surface area contributed by atoms with E-state index in [0.717, 1.165) is 39.1 Å². The Hall–Kier alpha value is -1.10. The van der Waals surface area contributed by atoms with Crippen LogP contribution in [0.1, 0.15) is 25.7 Å². The summed E-state index contributed by atoms with van der Waals surface area (Å²) in [7, 11) is 1.84. The van der Waals surface area contributed by atoms with Crippen LogP contribution in [0.25, 0.3) is 0 Å². The molecule has 0 saturated carbocycles. The first kappa shape index (κ1) is 13.3. The minimum Gasteiger partial charge on any atom is -0.381 e. The Morgan fingerprint density at radius 3 is 3.00 bits per heavy atom. The topological polar surface area (TPSA) is 49.9 Å². The first-order valence-electron chi connectivity index (χ1n) is 6.76. The lowest BCUT2D eigenvalue weighted by Gasteiger charge is -2.22. The van der Waals surface area contributed by atoms with Gasteiger partial charge < -0.3 is 14.5 Å². The van der Waals surface area contributed by atoms with Crippen molar-refractivity contribution in [3.05, 3.63) is 0 Å². The molecule has 102 valence electrons. The second kappa shape index (κ2) is 6.18. The summed E-state index contributed by atoms with van der Waals surface area (Å²) in [6.07, 6.45) is 3.06. The molecule has 2 rings (SSSR count). The second-order valence-electron chi connectivity index (χ2n) is 5.24. The van der Waals surface area contributed by atoms with Gasteiger partial charge in [-0.25, -0.2) is 0 Å². The van der Waals surface area contributed by atoms with Gasteiger partial charge in [-0.3, -0.25) is 9.59 Å². The molecule has 0 aromatic carbocycles. The molecule has 1 unspecified atom stereocenters. The van der Waals surface area contributed by atoms with E-state index >= 15 is 0 Å². The van der Waals surface area contributed by atoms with Crippen molar-refractivity contribution >= 4 is 11.8 Å². The maximum absolute atomic E-state index is 11.9. The van der Waals surface area contributed by atoms with Crippen molar-refractivity contribution in [3.63, 3.8) is 0 Å². The standard InChI is InChI=1S/C13H22N2O3/c1-14(9-11-5-8-18-10-11)12(16)4-7-15-6-2-3-13(15)17/h11H,2-10H2,1H3. The summed E-state index contributed by atoms with van der Waals surface area (Å²) in [4.78, 5) is 26.9. The van der Waals surface area contributed by atoms with Gasteiger partial charge in [-0.2, -0.15) is 0 Å². The summed E-state index contributed by atoms with van der Waals surface area (Å²) >= 11 is 0. The number of likely N-dealkylation sites (tertiary alicyclic amines) is 1. The Morgan fingerprint density at radius 2 is 2.39 bits per heavy atom. The highest BCUT2D eigenvalue weighted by atomic mass is 16.5. The van der Waals surface area contributed by atoms with Crippen LogP contribution in [0.2, 0.25) is 0 Å². The van der Waals surface area contributed by atoms with E-state index in [-0.39, 0.29) is 11.8 Å². The van der Waals surface area contributed by atoms with Crippen LogP contribution >= 0.6 is 0 Å². The minimum absolute atomic E-state index is 0.126. The van der Waals surface area contributed by atoms with Gasteiger partial charge in [-0.15, -0.1) is 0 Å². The minimum atomic E-state index is 0.126. The summed E-state index contributed by atoms with van der Waals surface area (Å²) in [5.41, 5.74) is 0. The van der Waals surface area contributed by atoms with Crippen molar-refractivity contribution in [1.82, 2.24) is 9.80 Å². The van der Waals surface area contributed by atoms with E-state index in [1.165, 1.54) is 0 Å². The van der Waals surface area contributed by atoms with Crippen LogP contribution in [-0.2, 0) is 14.3 Å². The van der Waals surface area contributed by atoms with Gasteiger partial charge in [0.1, 0.15) is 0 Å². The molecule has 0 N–H and O–H groups in total. The Labute approximate surface area is 108 Å². The number of amides is 2. The van der Waals surface area contributed by atoms with E-state index in [9.17, 15) is 9.59 Å². The molecular weight excluding hydrogens is 232 g/mol. The highest BCUT2D eigenvalue weighted by molar-refractivity contribution is 5.80. The Morgan fingerprint density at radius 1 is 1.56 bits per heavy atom. The first-order chi connectivity index (χ1) is 8.66. The Balaban J connectivity index is 1.68. The van der Waals surface area contributed by atoms with Crippen LogP contribution in [0.15, 0.2) is 0 Å². The summed E-state index contributed by atoms with van der Waals surface area (Å²) < 4.78 is 5.30. The van der Waals surface area contributed by atoms with E-state index in [1.54, 1.807) is 9.80 Å². The summed E-state index contributed by atoms with van der Waals surface area (Å²) in [6.45, 7) is 3.74. The van der Waals surface area contributed by atoms with E-state index in [4.69, 9.17) is 4.74 Å². The number of rotatable bonds is 5. The van der Waals surface area contributed by atoms with Crippen molar-refractivity contribution in [2.75, 3.05) is 39.9 Å². The third kappa shape index (κ3) is 3.45. The third-order valence-corrected chi connectivity index (χ3v) is 3.75. The smallest absolute Gasteiger partial charge is 0.224 e. The van der Waals surface area contributed by atoms with Crippen LogP contribution in [0, 0.1) is 5.92 Å². The van der Waals surface area contributed by atoms with Gasteiger partial charge in [0.25, 0.3) is 0 Å². The number of carbonyl (C=O) groups excluding carboxylic acids is 2. The van der Waals surface area contributed by atoms with E-state index in [1.807, 2.05) is 7.05 Å². The molecule has 0 spiro atoms. The quantitative estimate of drug-likeness (QED) is 0.717. The number of carbonyl (C=O) groups is 2. The molecule has 0 aliphatic carbocycles. The highest BCUT2D eigenvalue weighted by Gasteiger charge is 2.23. The number of hydrogen-bond donors (Lipinski definition) is 0. The highest BCUT2D eigenvalue weighted by Crippen LogP contribution is 2.14. The predicted octanol–water partition coefficient (Wildman–Crippen LogP) is 0.494. The van der Waals surface area contributed by atoms with Crippen molar-refractivity contribution in [2.45, 2.75) is 25.7 Å². The fourth-order valence-corrected chi connectivity index (χ4v) is 2.58. The second-order valence-corrected chi connectivity index (χ2v) is 5.24. The van der Waals surface area contributed by atoms with Crippen molar-refractivity contribution < 1.29 is 14.3 Å². The fourth-order valence-electron chi connectivity index (χ4n) is 2.58. The first-order valence-corrected chi connectivity index (χ1v) is 6.76. The molecule has 2 saturated heterocycles. The van der Waals surface area contributed by atoms with Crippen LogP contribution < -0.4 is 0 Å². The zero-order chi connectivity index (χ0) is 13.0. The monoisotopic (exact) mass is 254 g/mol. The molecule has 2 aliphatic heterocycles. The van der Waals surface area contributed by atoms with Crippen LogP contribution in [0.5, 0.6) is 0 Å². The SMILES string of the molecule is CN(CC1CCOC1)C(=O)CCN1CCCC1=O.